The summed E-state index contributed by atoms with van der Waals surface area (Å²) in [4.78, 5) is 12.6. The van der Waals surface area contributed by atoms with Gasteiger partial charge in [-0.3, -0.25) is 14.3 Å². The van der Waals surface area contributed by atoms with E-state index in [0.29, 0.717) is 0 Å². The number of nitrogens with zero attached hydrogens (tertiary/aromatic N) is 1. The molecule has 9 nitrogen and oxygen atoms in total. The summed E-state index contributed by atoms with van der Waals surface area (Å²) in [5, 5.41) is 7.60. The molecule has 8 N–H and O–H groups in total. The Hall–Kier alpha value is -1.39. The lowest BCUT2D eigenvalue weighted by Crippen LogP contribution is -2.24. The molecule has 0 fully saturated rings. The average molecular weight is 242 g/mol. The van der Waals surface area contributed by atoms with Crippen molar-refractivity contribution in [3.05, 3.63) is 0 Å². The molecule has 0 aromatic carbocycles. The molecule has 0 saturated carbocycles. The normalized spacial score (nSPS) is 9.73. The van der Waals surface area contributed by atoms with Crippen LogP contribution in [0.2, 0.25) is 0 Å². The second-order valence-electron chi connectivity index (χ2n) is 2.19. The van der Waals surface area contributed by atoms with Crippen molar-refractivity contribution in [2.45, 2.75) is 0 Å². The molecule has 0 unspecified atom stereocenters. The molecule has 0 radical (unpaired) electrons. The Morgan fingerprint density at radius 1 is 1.33 bits per heavy atom. The van der Waals surface area contributed by atoms with E-state index in [4.69, 9.17) is 21.1 Å². The molecule has 0 rings (SSSR count). The average Bonchev–Trinajstić information content (AvgIpc) is 2.02. The van der Waals surface area contributed by atoms with Gasteiger partial charge in [-0.1, -0.05) is 0 Å². The number of nitrogens with two attached hydrogens (primary N) is 3. The van der Waals surface area contributed by atoms with E-state index in [2.05, 4.69) is 10.7 Å². The van der Waals surface area contributed by atoms with Gasteiger partial charge in [-0.2, -0.15) is 8.42 Å². The number of carboxylic acids is 1. The van der Waals surface area contributed by atoms with Crippen LogP contribution in [0.3, 0.4) is 0 Å². The van der Waals surface area contributed by atoms with E-state index in [1.54, 1.807) is 0 Å². The van der Waals surface area contributed by atoms with Crippen LogP contribution in [0.15, 0.2) is 4.99 Å². The number of hydrogen-bond acceptors (Lipinski definition) is 5. The van der Waals surface area contributed by atoms with Crippen LogP contribution in [0.5, 0.6) is 0 Å². The molecule has 0 heterocycles. The summed E-state index contributed by atoms with van der Waals surface area (Å²) in [6, 6.07) is 0. The quantitative estimate of drug-likeness (QED) is 0.198. The molecule has 0 atom stereocenters. The zero-order valence-electron chi connectivity index (χ0n) is 7.83. The first-order valence-corrected chi connectivity index (χ1v) is 5.22. The molecule has 15 heavy (non-hydrogen) atoms. The highest BCUT2D eigenvalue weighted by molar-refractivity contribution is 7.85. The van der Waals surface area contributed by atoms with E-state index in [-0.39, 0.29) is 19.0 Å². The summed E-state index contributed by atoms with van der Waals surface area (Å²) < 4.78 is 28.2. The number of aliphatic carboxylic acids is 1. The lowest BCUT2D eigenvalue weighted by molar-refractivity contribution is -0.135. The smallest absolute Gasteiger partial charge is 0.317 e. The molecule has 0 amide bonds. The van der Waals surface area contributed by atoms with E-state index < -0.39 is 21.8 Å². The fourth-order valence-corrected chi connectivity index (χ4v) is 0.612. The third-order valence-electron chi connectivity index (χ3n) is 0.818. The van der Waals surface area contributed by atoms with Crippen molar-refractivity contribution in [2.24, 2.45) is 22.2 Å². The minimum atomic E-state index is -3.94. The maximum Gasteiger partial charge on any atom is 0.317 e. The maximum absolute atomic E-state index is 10.0. The predicted octanol–water partition coefficient (Wildman–Crippen LogP) is -2.82. The van der Waals surface area contributed by atoms with Crippen molar-refractivity contribution in [2.75, 3.05) is 18.8 Å². The molecule has 90 valence electrons. The van der Waals surface area contributed by atoms with Crippen LogP contribution in [-0.2, 0) is 14.9 Å². The molecule has 0 spiro atoms. The molecule has 10 heteroatoms. The standard InChI is InChI=1S/C3H9N3O3S.C2H5NO2/c4-3(5)6-1-2-10(7,8)9;3-1-2(4)5/h1-2H2,(H4,4,5,6)(H,7,8,9);1,3H2,(H,4,5). The largest absolute Gasteiger partial charge is 0.480 e. The summed E-state index contributed by atoms with van der Waals surface area (Å²) in [6.45, 7) is -0.388. The van der Waals surface area contributed by atoms with Gasteiger partial charge in [0.1, 0.15) is 0 Å². The summed E-state index contributed by atoms with van der Waals surface area (Å²) in [5.41, 5.74) is 14.3. The highest BCUT2D eigenvalue weighted by Gasteiger charge is 2.01. The van der Waals surface area contributed by atoms with Gasteiger partial charge in [-0.25, -0.2) is 0 Å². The summed E-state index contributed by atoms with van der Waals surface area (Å²) >= 11 is 0. The SMILES string of the molecule is NC(N)=NCCS(=O)(=O)O.NCC(=O)O. The topological polar surface area (TPSA) is 182 Å². The zero-order chi connectivity index (χ0) is 12.5. The zero-order valence-corrected chi connectivity index (χ0v) is 8.64. The number of carbonyl (C=O) groups is 1. The van der Waals surface area contributed by atoms with E-state index >= 15 is 0 Å². The van der Waals surface area contributed by atoms with E-state index in [1.165, 1.54) is 0 Å². The van der Waals surface area contributed by atoms with Crippen LogP contribution in [0.4, 0.5) is 0 Å². The molecule has 0 saturated heterocycles. The second-order valence-corrected chi connectivity index (χ2v) is 3.76. The van der Waals surface area contributed by atoms with Crippen molar-refractivity contribution < 1.29 is 22.9 Å². The molecule has 0 aromatic heterocycles. The first kappa shape index (κ1) is 16.1. The van der Waals surface area contributed by atoms with E-state index in [9.17, 15) is 13.2 Å². The van der Waals surface area contributed by atoms with Gasteiger partial charge < -0.3 is 22.3 Å². The highest BCUT2D eigenvalue weighted by atomic mass is 32.2. The summed E-state index contributed by atoms with van der Waals surface area (Å²) in [6.07, 6.45) is 0. The minimum Gasteiger partial charge on any atom is -0.480 e. The second kappa shape index (κ2) is 7.96. The van der Waals surface area contributed by atoms with Crippen molar-refractivity contribution >= 4 is 22.0 Å². The number of aliphatic imine (C=N–C) groups is 1. The van der Waals surface area contributed by atoms with Crippen LogP contribution in [0.25, 0.3) is 0 Å². The molecule has 0 aromatic rings. The molecular formula is C5H14N4O5S. The maximum atomic E-state index is 10.0. The van der Waals surface area contributed by atoms with Gasteiger partial charge >= 0.3 is 5.97 Å². The van der Waals surface area contributed by atoms with Crippen LogP contribution in [0, 0.1) is 0 Å². The van der Waals surface area contributed by atoms with Crippen LogP contribution in [0.1, 0.15) is 0 Å². The van der Waals surface area contributed by atoms with Crippen LogP contribution >= 0.6 is 0 Å². The first-order valence-electron chi connectivity index (χ1n) is 3.61. The van der Waals surface area contributed by atoms with Crippen molar-refractivity contribution in [1.82, 2.24) is 0 Å². The van der Waals surface area contributed by atoms with Gasteiger partial charge in [0.2, 0.25) is 0 Å². The molecule has 0 bridgehead atoms. The van der Waals surface area contributed by atoms with Gasteiger partial charge in [0.25, 0.3) is 10.1 Å². The number of carboxylic acid groups (broad SMARTS) is 1. The molecule has 0 aliphatic carbocycles. The first-order chi connectivity index (χ1) is 6.69. The van der Waals surface area contributed by atoms with Crippen molar-refractivity contribution in [1.29, 1.82) is 0 Å². The van der Waals surface area contributed by atoms with Crippen LogP contribution in [-0.4, -0.2) is 48.8 Å². The molecular weight excluding hydrogens is 228 g/mol. The fourth-order valence-electron chi connectivity index (χ4n) is 0.290. The van der Waals surface area contributed by atoms with Gasteiger partial charge in [0.15, 0.2) is 5.96 Å². The van der Waals surface area contributed by atoms with Crippen LogP contribution < -0.4 is 17.2 Å². The van der Waals surface area contributed by atoms with Gasteiger partial charge in [0.05, 0.1) is 18.8 Å². The van der Waals surface area contributed by atoms with Gasteiger partial charge in [-0.15, -0.1) is 0 Å². The Labute approximate surface area is 86.7 Å². The number of hydrogen-bond donors (Lipinski definition) is 5. The molecule has 0 aliphatic heterocycles. The number of guanidine groups is 1. The highest BCUT2D eigenvalue weighted by Crippen LogP contribution is 1.80. The Bertz CT molecular complexity index is 307. The third-order valence-corrected chi connectivity index (χ3v) is 1.52. The monoisotopic (exact) mass is 242 g/mol. The fraction of sp³-hybridized carbons (Fsp3) is 0.600. The summed E-state index contributed by atoms with van der Waals surface area (Å²) in [7, 11) is -3.94. The molecule has 0 aliphatic rings. The lowest BCUT2D eigenvalue weighted by atomic mass is 10.7. The Kier molecular flexibility index (Phi) is 8.52. The number of rotatable bonds is 4. The van der Waals surface area contributed by atoms with Gasteiger partial charge in [0, 0.05) is 0 Å². The lowest BCUT2D eigenvalue weighted by Gasteiger charge is -1.91. The Morgan fingerprint density at radius 2 is 1.73 bits per heavy atom. The van der Waals surface area contributed by atoms with Gasteiger partial charge in [-0.05, 0) is 0 Å². The Balaban J connectivity index is 0. The van der Waals surface area contributed by atoms with Crippen molar-refractivity contribution in [3.63, 3.8) is 0 Å². The minimum absolute atomic E-state index is 0.110. The Morgan fingerprint density at radius 3 is 1.93 bits per heavy atom. The van der Waals surface area contributed by atoms with E-state index in [1.807, 2.05) is 0 Å². The van der Waals surface area contributed by atoms with E-state index in [0.717, 1.165) is 0 Å². The van der Waals surface area contributed by atoms with Crippen molar-refractivity contribution in [3.8, 4) is 0 Å². The summed E-state index contributed by atoms with van der Waals surface area (Å²) in [5.74, 6) is -1.61. The predicted molar refractivity (Wildman–Crippen MR) is 53.8 cm³/mol. The third kappa shape index (κ3) is 24.5.